The summed E-state index contributed by atoms with van der Waals surface area (Å²) in [7, 11) is 0. The Balaban J connectivity index is 1.63. The molecule has 2 N–H and O–H groups in total. The molecule has 1 saturated carbocycles. The number of carbonyl (C=O) groups excluding carboxylic acids is 1. The molecule has 0 aromatic heterocycles. The van der Waals surface area contributed by atoms with Gasteiger partial charge in [-0.3, -0.25) is 9.69 Å². The van der Waals surface area contributed by atoms with Gasteiger partial charge in [-0.2, -0.15) is 0 Å². The van der Waals surface area contributed by atoms with E-state index in [-0.39, 0.29) is 11.8 Å². The topological polar surface area (TPSA) is 69.6 Å². The van der Waals surface area contributed by atoms with Crippen molar-refractivity contribution in [3.05, 3.63) is 48.0 Å². The van der Waals surface area contributed by atoms with Crippen LogP contribution in [0.4, 0.5) is 0 Å². The van der Waals surface area contributed by atoms with Crippen LogP contribution in [0, 0.1) is 5.92 Å². The van der Waals surface area contributed by atoms with Crippen LogP contribution in [0.2, 0.25) is 0 Å². The molecule has 3 rings (SSSR count). The molecule has 0 saturated heterocycles. The number of fused-ring (bicyclic) bond motifs is 1. The maximum absolute atomic E-state index is 12.3. The third-order valence-electron chi connectivity index (χ3n) is 5.19. The largest absolute Gasteiger partial charge is 0.480 e. The lowest BCUT2D eigenvalue weighted by molar-refractivity contribution is -0.143. The van der Waals surface area contributed by atoms with Gasteiger partial charge in [0.1, 0.15) is 6.04 Å². The van der Waals surface area contributed by atoms with Crippen molar-refractivity contribution in [2.24, 2.45) is 5.92 Å². The predicted molar refractivity (Wildman–Crippen MR) is 106 cm³/mol. The van der Waals surface area contributed by atoms with E-state index in [0.29, 0.717) is 19.0 Å². The monoisotopic (exact) mass is 368 g/mol. The van der Waals surface area contributed by atoms with Gasteiger partial charge in [-0.1, -0.05) is 56.3 Å². The Morgan fingerprint density at radius 1 is 1.15 bits per heavy atom. The van der Waals surface area contributed by atoms with Crippen LogP contribution >= 0.6 is 0 Å². The molecule has 0 bridgehead atoms. The number of hydrogen-bond acceptors (Lipinski definition) is 3. The van der Waals surface area contributed by atoms with E-state index in [9.17, 15) is 14.7 Å². The van der Waals surface area contributed by atoms with E-state index in [1.165, 1.54) is 16.3 Å². The number of carboxylic acids is 1. The highest BCUT2D eigenvalue weighted by atomic mass is 16.4. The number of rotatable bonds is 9. The number of hydrogen-bond donors (Lipinski definition) is 2. The van der Waals surface area contributed by atoms with Gasteiger partial charge in [0, 0.05) is 25.6 Å². The molecule has 1 atom stereocenters. The van der Waals surface area contributed by atoms with E-state index in [1.54, 1.807) is 13.8 Å². The molecule has 0 aliphatic heterocycles. The average molecular weight is 368 g/mol. The van der Waals surface area contributed by atoms with E-state index in [2.05, 4.69) is 46.6 Å². The lowest BCUT2D eigenvalue weighted by Gasteiger charge is -2.24. The van der Waals surface area contributed by atoms with Gasteiger partial charge in [-0.25, -0.2) is 4.79 Å². The van der Waals surface area contributed by atoms with Crippen molar-refractivity contribution in [2.45, 2.75) is 51.7 Å². The van der Waals surface area contributed by atoms with Gasteiger partial charge in [-0.15, -0.1) is 0 Å². The zero-order chi connectivity index (χ0) is 19.4. The molecule has 1 unspecified atom stereocenters. The predicted octanol–water partition coefficient (Wildman–Crippen LogP) is 3.42. The van der Waals surface area contributed by atoms with Crippen LogP contribution in [-0.2, 0) is 16.1 Å². The van der Waals surface area contributed by atoms with E-state index in [4.69, 9.17) is 0 Å². The van der Waals surface area contributed by atoms with Crippen molar-refractivity contribution in [2.75, 3.05) is 6.54 Å². The fourth-order valence-electron chi connectivity index (χ4n) is 3.48. The number of nitrogens with one attached hydrogen (secondary N) is 1. The SMILES string of the molecule is CC(C)C(NC(=O)CCN(Cc1cccc2ccccc12)C1CC1)C(=O)O. The number of nitrogens with zero attached hydrogens (tertiary/aromatic N) is 1. The first-order chi connectivity index (χ1) is 13.0. The molecule has 1 aliphatic carbocycles. The minimum atomic E-state index is -0.979. The maximum Gasteiger partial charge on any atom is 0.326 e. The molecule has 2 aromatic rings. The minimum Gasteiger partial charge on any atom is -0.480 e. The third kappa shape index (κ3) is 5.07. The van der Waals surface area contributed by atoms with Gasteiger partial charge in [0.05, 0.1) is 0 Å². The van der Waals surface area contributed by atoms with Crippen LogP contribution in [0.15, 0.2) is 42.5 Å². The summed E-state index contributed by atoms with van der Waals surface area (Å²) < 4.78 is 0. The summed E-state index contributed by atoms with van der Waals surface area (Å²) in [4.78, 5) is 25.9. The summed E-state index contributed by atoms with van der Waals surface area (Å²) in [5.41, 5.74) is 1.27. The second kappa shape index (κ2) is 8.53. The fourth-order valence-corrected chi connectivity index (χ4v) is 3.48. The van der Waals surface area contributed by atoms with Gasteiger partial charge >= 0.3 is 5.97 Å². The Labute approximate surface area is 160 Å². The molecule has 0 spiro atoms. The van der Waals surface area contributed by atoms with E-state index >= 15 is 0 Å². The van der Waals surface area contributed by atoms with Gasteiger partial charge in [0.25, 0.3) is 0 Å². The van der Waals surface area contributed by atoms with Crippen LogP contribution in [0.3, 0.4) is 0 Å². The van der Waals surface area contributed by atoms with Crippen molar-refractivity contribution in [1.82, 2.24) is 10.2 Å². The Morgan fingerprint density at radius 3 is 2.52 bits per heavy atom. The zero-order valence-corrected chi connectivity index (χ0v) is 16.0. The first-order valence-corrected chi connectivity index (χ1v) is 9.68. The average Bonchev–Trinajstić information content (AvgIpc) is 3.48. The van der Waals surface area contributed by atoms with Crippen molar-refractivity contribution in [1.29, 1.82) is 0 Å². The number of amides is 1. The molecule has 144 valence electrons. The standard InChI is InChI=1S/C22H28N2O3/c1-15(2)21(22(26)27)23-20(25)12-13-24(18-10-11-18)14-17-8-5-7-16-6-3-4-9-19(16)17/h3-9,15,18,21H,10-14H2,1-2H3,(H,23,25)(H,26,27). The van der Waals surface area contributed by atoms with E-state index in [0.717, 1.165) is 19.4 Å². The zero-order valence-electron chi connectivity index (χ0n) is 16.0. The highest BCUT2D eigenvalue weighted by Gasteiger charge is 2.30. The molecule has 5 nitrogen and oxygen atoms in total. The lowest BCUT2D eigenvalue weighted by Crippen LogP contribution is -2.45. The fraction of sp³-hybridized carbons (Fsp3) is 0.455. The normalized spacial score (nSPS) is 15.3. The second-order valence-electron chi connectivity index (χ2n) is 7.72. The summed E-state index contributed by atoms with van der Waals surface area (Å²) in [5, 5.41) is 14.4. The Hall–Kier alpha value is -2.40. The van der Waals surface area contributed by atoms with Gasteiger partial charge in [0.15, 0.2) is 0 Å². The highest BCUT2D eigenvalue weighted by molar-refractivity contribution is 5.85. The van der Waals surface area contributed by atoms with E-state index < -0.39 is 12.0 Å². The quantitative estimate of drug-likeness (QED) is 0.712. The minimum absolute atomic E-state index is 0.137. The smallest absolute Gasteiger partial charge is 0.326 e. The molecule has 1 fully saturated rings. The van der Waals surface area contributed by atoms with Gasteiger partial charge in [-0.05, 0) is 35.1 Å². The van der Waals surface area contributed by atoms with Gasteiger partial charge < -0.3 is 10.4 Å². The van der Waals surface area contributed by atoms with Crippen LogP contribution < -0.4 is 5.32 Å². The van der Waals surface area contributed by atoms with Crippen LogP contribution in [-0.4, -0.2) is 40.5 Å². The molecule has 0 radical (unpaired) electrons. The summed E-state index contributed by atoms with van der Waals surface area (Å²) in [6.45, 7) is 5.06. The summed E-state index contributed by atoms with van der Waals surface area (Å²) >= 11 is 0. The summed E-state index contributed by atoms with van der Waals surface area (Å²) in [5.74, 6) is -1.31. The Kier molecular flexibility index (Phi) is 6.11. The second-order valence-corrected chi connectivity index (χ2v) is 7.72. The number of carboxylic acid groups (broad SMARTS) is 1. The molecule has 27 heavy (non-hydrogen) atoms. The number of aliphatic carboxylic acids is 1. The van der Waals surface area contributed by atoms with Crippen LogP contribution in [0.25, 0.3) is 10.8 Å². The molecular weight excluding hydrogens is 340 g/mol. The Morgan fingerprint density at radius 2 is 1.85 bits per heavy atom. The third-order valence-corrected chi connectivity index (χ3v) is 5.19. The highest BCUT2D eigenvalue weighted by Crippen LogP contribution is 2.30. The van der Waals surface area contributed by atoms with Crippen molar-refractivity contribution in [3.8, 4) is 0 Å². The number of carbonyl (C=O) groups is 2. The molecule has 0 heterocycles. The van der Waals surface area contributed by atoms with Crippen molar-refractivity contribution < 1.29 is 14.7 Å². The number of benzene rings is 2. The molecule has 1 amide bonds. The molecule has 5 heteroatoms. The van der Waals surface area contributed by atoms with Gasteiger partial charge in [0.2, 0.25) is 5.91 Å². The lowest BCUT2D eigenvalue weighted by atomic mass is 10.0. The maximum atomic E-state index is 12.3. The van der Waals surface area contributed by atoms with E-state index in [1.807, 2.05) is 6.07 Å². The van der Waals surface area contributed by atoms with Crippen molar-refractivity contribution >= 4 is 22.6 Å². The van der Waals surface area contributed by atoms with Crippen LogP contribution in [0.5, 0.6) is 0 Å². The summed E-state index contributed by atoms with van der Waals surface area (Å²) in [6.07, 6.45) is 2.64. The summed E-state index contributed by atoms with van der Waals surface area (Å²) in [6, 6.07) is 14.4. The first kappa shape index (κ1) is 19.4. The molecular formula is C22H28N2O3. The first-order valence-electron chi connectivity index (χ1n) is 9.68. The van der Waals surface area contributed by atoms with Crippen LogP contribution in [0.1, 0.15) is 38.7 Å². The molecule has 2 aromatic carbocycles. The van der Waals surface area contributed by atoms with Crippen molar-refractivity contribution in [3.63, 3.8) is 0 Å². The molecule has 1 aliphatic rings. The Bertz CT molecular complexity index is 809.